The van der Waals surface area contributed by atoms with Crippen LogP contribution in [0.5, 0.6) is 0 Å². The number of carbonyl (C=O) groups is 1. The number of unbranched alkanes of at least 4 members (excludes halogenated alkanes) is 12. The van der Waals surface area contributed by atoms with E-state index in [1.807, 2.05) is 42.5 Å². The van der Waals surface area contributed by atoms with Crippen LogP contribution in [-0.2, 0) is 4.79 Å². The standard InChI is InChI=1S/C28H39ClNO/c1-2-3-4-5-6-7-8-9-10-11-12-13-14-21-28(31)30-27-20-16-18-25(23-27)24-17-15-19-26(29)22-24/h15-19,22-23H,2-14,21H2,1H3,(H,30,31). The molecule has 2 nitrogen and oxygen atoms in total. The van der Waals surface area contributed by atoms with Gasteiger partial charge in [0.2, 0.25) is 5.91 Å². The monoisotopic (exact) mass is 440 g/mol. The molecule has 0 aliphatic rings. The van der Waals surface area contributed by atoms with Gasteiger partial charge in [0.15, 0.2) is 0 Å². The van der Waals surface area contributed by atoms with E-state index in [9.17, 15) is 4.79 Å². The summed E-state index contributed by atoms with van der Waals surface area (Å²) in [6.07, 6.45) is 17.7. The Morgan fingerprint density at radius 1 is 0.806 bits per heavy atom. The van der Waals surface area contributed by atoms with Crippen molar-refractivity contribution in [2.45, 2.75) is 96.8 Å². The van der Waals surface area contributed by atoms with Gasteiger partial charge in [-0.1, -0.05) is 120 Å². The van der Waals surface area contributed by atoms with Gasteiger partial charge in [0.05, 0.1) is 0 Å². The van der Waals surface area contributed by atoms with Gasteiger partial charge in [-0.2, -0.15) is 0 Å². The smallest absolute Gasteiger partial charge is 0.224 e. The summed E-state index contributed by atoms with van der Waals surface area (Å²) >= 11 is 6.09. The molecule has 0 spiro atoms. The maximum atomic E-state index is 12.3. The molecule has 0 saturated carbocycles. The first-order chi connectivity index (χ1) is 15.2. The van der Waals surface area contributed by atoms with E-state index in [4.69, 9.17) is 11.6 Å². The Kier molecular flexibility index (Phi) is 13.1. The van der Waals surface area contributed by atoms with Crippen molar-refractivity contribution in [1.82, 2.24) is 0 Å². The van der Waals surface area contributed by atoms with E-state index in [1.54, 1.807) is 0 Å². The molecule has 0 bridgehead atoms. The van der Waals surface area contributed by atoms with Crippen molar-refractivity contribution < 1.29 is 4.79 Å². The second-order valence-electron chi connectivity index (χ2n) is 8.54. The molecule has 0 aliphatic heterocycles. The van der Waals surface area contributed by atoms with Crippen LogP contribution in [0.25, 0.3) is 11.1 Å². The molecule has 0 saturated heterocycles. The highest BCUT2D eigenvalue weighted by atomic mass is 35.5. The quantitative estimate of drug-likeness (QED) is 0.259. The van der Waals surface area contributed by atoms with Crippen molar-refractivity contribution in [2.75, 3.05) is 5.32 Å². The Labute approximate surface area is 194 Å². The molecule has 2 aromatic carbocycles. The topological polar surface area (TPSA) is 29.1 Å². The van der Waals surface area contributed by atoms with Crippen LogP contribution in [-0.4, -0.2) is 5.91 Å². The van der Waals surface area contributed by atoms with Crippen LogP contribution in [0, 0.1) is 6.07 Å². The van der Waals surface area contributed by atoms with Crippen molar-refractivity contribution >= 4 is 23.2 Å². The molecule has 0 atom stereocenters. The number of rotatable bonds is 16. The van der Waals surface area contributed by atoms with Crippen molar-refractivity contribution in [3.05, 3.63) is 53.6 Å². The van der Waals surface area contributed by atoms with Crippen molar-refractivity contribution in [3.8, 4) is 11.1 Å². The van der Waals surface area contributed by atoms with E-state index in [-0.39, 0.29) is 5.91 Å². The highest BCUT2D eigenvalue weighted by molar-refractivity contribution is 6.30. The lowest BCUT2D eigenvalue weighted by molar-refractivity contribution is -0.116. The van der Waals surface area contributed by atoms with Crippen LogP contribution in [0.15, 0.2) is 42.5 Å². The van der Waals surface area contributed by atoms with Gasteiger partial charge in [0.25, 0.3) is 0 Å². The Bertz CT molecular complexity index is 758. The van der Waals surface area contributed by atoms with E-state index in [0.717, 1.165) is 29.7 Å². The molecule has 31 heavy (non-hydrogen) atoms. The fourth-order valence-electron chi connectivity index (χ4n) is 3.90. The first kappa shape index (κ1) is 25.5. The summed E-state index contributed by atoms with van der Waals surface area (Å²) in [6, 6.07) is 16.6. The molecule has 0 heterocycles. The molecule has 0 fully saturated rings. The summed E-state index contributed by atoms with van der Waals surface area (Å²) in [5.74, 6) is 0.0718. The molecule has 1 radical (unpaired) electrons. The first-order valence-corrected chi connectivity index (χ1v) is 12.6. The summed E-state index contributed by atoms with van der Waals surface area (Å²) in [5, 5.41) is 3.69. The van der Waals surface area contributed by atoms with Crippen LogP contribution in [0.1, 0.15) is 96.8 Å². The van der Waals surface area contributed by atoms with Crippen LogP contribution in [0.2, 0.25) is 5.02 Å². The van der Waals surface area contributed by atoms with Gasteiger partial charge in [-0.05, 0) is 35.7 Å². The zero-order valence-corrected chi connectivity index (χ0v) is 20.0. The number of anilines is 1. The number of hydrogen-bond acceptors (Lipinski definition) is 1. The number of amides is 1. The SMILES string of the molecule is CCCCCCCCCCCCCCCC(=O)Nc1[c]ccc(-c2cccc(Cl)c2)c1. The van der Waals surface area contributed by atoms with Gasteiger partial charge >= 0.3 is 0 Å². The average Bonchev–Trinajstić information content (AvgIpc) is 2.77. The minimum Gasteiger partial charge on any atom is -0.325 e. The summed E-state index contributed by atoms with van der Waals surface area (Å²) in [4.78, 5) is 12.3. The molecule has 0 unspecified atom stereocenters. The fourth-order valence-corrected chi connectivity index (χ4v) is 4.09. The van der Waals surface area contributed by atoms with Crippen molar-refractivity contribution in [2.24, 2.45) is 0 Å². The summed E-state index contributed by atoms with van der Waals surface area (Å²) in [5.41, 5.74) is 2.78. The van der Waals surface area contributed by atoms with Gasteiger partial charge in [0.1, 0.15) is 0 Å². The Balaban J connectivity index is 1.52. The lowest BCUT2D eigenvalue weighted by atomic mass is 10.0. The lowest BCUT2D eigenvalue weighted by Crippen LogP contribution is -2.11. The first-order valence-electron chi connectivity index (χ1n) is 12.3. The zero-order chi connectivity index (χ0) is 22.2. The van der Waals surface area contributed by atoms with Crippen molar-refractivity contribution in [3.63, 3.8) is 0 Å². The second kappa shape index (κ2) is 15.9. The predicted molar refractivity (Wildman–Crippen MR) is 135 cm³/mol. The van der Waals surface area contributed by atoms with E-state index in [1.165, 1.54) is 70.6 Å². The Hall–Kier alpha value is -1.80. The van der Waals surface area contributed by atoms with Crippen LogP contribution < -0.4 is 5.32 Å². The molecule has 2 aromatic rings. The number of carbonyl (C=O) groups excluding carboxylic acids is 1. The van der Waals surface area contributed by atoms with Crippen LogP contribution >= 0.6 is 11.6 Å². The number of nitrogens with one attached hydrogen (secondary N) is 1. The van der Waals surface area contributed by atoms with E-state index < -0.39 is 0 Å². The van der Waals surface area contributed by atoms with E-state index in [2.05, 4.69) is 18.3 Å². The summed E-state index contributed by atoms with van der Waals surface area (Å²) in [7, 11) is 0. The molecule has 1 N–H and O–H groups in total. The molecular weight excluding hydrogens is 402 g/mol. The molecule has 1 amide bonds. The normalized spacial score (nSPS) is 10.9. The largest absolute Gasteiger partial charge is 0.325 e. The molecule has 0 aromatic heterocycles. The highest BCUT2D eigenvalue weighted by Crippen LogP contribution is 2.25. The second-order valence-corrected chi connectivity index (χ2v) is 8.98. The lowest BCUT2D eigenvalue weighted by Gasteiger charge is -2.08. The number of benzene rings is 2. The number of hydrogen-bond donors (Lipinski definition) is 1. The Morgan fingerprint density at radius 2 is 1.39 bits per heavy atom. The van der Waals surface area contributed by atoms with Crippen LogP contribution in [0.3, 0.4) is 0 Å². The van der Waals surface area contributed by atoms with E-state index >= 15 is 0 Å². The minimum atomic E-state index is 0.0718. The highest BCUT2D eigenvalue weighted by Gasteiger charge is 2.05. The minimum absolute atomic E-state index is 0.0718. The molecule has 0 aliphatic carbocycles. The summed E-state index contributed by atoms with van der Waals surface area (Å²) < 4.78 is 0. The Morgan fingerprint density at radius 3 is 2.00 bits per heavy atom. The van der Waals surface area contributed by atoms with Gasteiger partial charge < -0.3 is 5.32 Å². The molecule has 3 heteroatoms. The third-order valence-corrected chi connectivity index (χ3v) is 5.98. The molecular formula is C28H39ClNO. The summed E-state index contributed by atoms with van der Waals surface area (Å²) in [6.45, 7) is 2.27. The van der Waals surface area contributed by atoms with E-state index in [0.29, 0.717) is 11.4 Å². The van der Waals surface area contributed by atoms with Gasteiger partial charge in [-0.25, -0.2) is 0 Å². The zero-order valence-electron chi connectivity index (χ0n) is 19.2. The van der Waals surface area contributed by atoms with Crippen LogP contribution in [0.4, 0.5) is 5.69 Å². The van der Waals surface area contributed by atoms with Gasteiger partial charge in [0, 0.05) is 23.2 Å². The molecule has 169 valence electrons. The predicted octanol–water partition coefficient (Wildman–Crippen LogP) is 9.23. The maximum absolute atomic E-state index is 12.3. The molecule has 2 rings (SSSR count). The van der Waals surface area contributed by atoms with Gasteiger partial charge in [-0.3, -0.25) is 4.79 Å². The third-order valence-electron chi connectivity index (χ3n) is 5.74. The van der Waals surface area contributed by atoms with Crippen molar-refractivity contribution in [1.29, 1.82) is 0 Å². The third kappa shape index (κ3) is 11.4. The maximum Gasteiger partial charge on any atom is 0.224 e. The number of halogens is 1. The van der Waals surface area contributed by atoms with Gasteiger partial charge in [-0.15, -0.1) is 0 Å². The fraction of sp³-hybridized carbons (Fsp3) is 0.536. The average molecular weight is 441 g/mol.